The van der Waals surface area contributed by atoms with Gasteiger partial charge in [0.25, 0.3) is 0 Å². The zero-order valence-electron chi connectivity index (χ0n) is 11.2. The third-order valence-electron chi connectivity index (χ3n) is 4.27. The quantitative estimate of drug-likeness (QED) is 0.738. The highest BCUT2D eigenvalue weighted by Crippen LogP contribution is 2.38. The second kappa shape index (κ2) is 4.86. The van der Waals surface area contributed by atoms with E-state index in [2.05, 4.69) is 34.6 Å². The molecule has 1 saturated carbocycles. The van der Waals surface area contributed by atoms with Crippen molar-refractivity contribution in [1.82, 2.24) is 0 Å². The van der Waals surface area contributed by atoms with Crippen molar-refractivity contribution in [3.8, 4) is 0 Å². The minimum atomic E-state index is 0.273. The molecule has 0 aromatic rings. The van der Waals surface area contributed by atoms with Crippen molar-refractivity contribution < 1.29 is 0 Å². The molecule has 90 valence electrons. The topological polar surface area (TPSA) is 26.0 Å². The van der Waals surface area contributed by atoms with Gasteiger partial charge in [-0.3, -0.25) is 0 Å². The summed E-state index contributed by atoms with van der Waals surface area (Å²) >= 11 is 0. The highest BCUT2D eigenvalue weighted by molar-refractivity contribution is 4.87. The smallest absolute Gasteiger partial charge is 0.0116 e. The Kier molecular flexibility index (Phi) is 4.22. The number of hydrogen-bond donors (Lipinski definition) is 1. The van der Waals surface area contributed by atoms with Crippen molar-refractivity contribution in [1.29, 1.82) is 0 Å². The van der Waals surface area contributed by atoms with E-state index in [1.807, 2.05) is 0 Å². The molecule has 0 aromatic carbocycles. The molecule has 2 N–H and O–H groups in total. The summed E-state index contributed by atoms with van der Waals surface area (Å²) in [5, 5.41) is 0. The van der Waals surface area contributed by atoms with Gasteiger partial charge >= 0.3 is 0 Å². The van der Waals surface area contributed by atoms with E-state index < -0.39 is 0 Å². The Morgan fingerprint density at radius 1 is 0.933 bits per heavy atom. The fourth-order valence-electron chi connectivity index (χ4n) is 2.88. The molecular formula is C14H29N. The Morgan fingerprint density at radius 2 is 1.33 bits per heavy atom. The molecule has 0 saturated heterocycles. The first kappa shape index (κ1) is 13.0. The molecule has 0 radical (unpaired) electrons. The van der Waals surface area contributed by atoms with Crippen molar-refractivity contribution in [2.75, 3.05) is 0 Å². The van der Waals surface area contributed by atoms with Crippen LogP contribution in [0.4, 0.5) is 0 Å². The second-order valence-electron chi connectivity index (χ2n) is 6.81. The van der Waals surface area contributed by atoms with Crippen molar-refractivity contribution in [2.45, 2.75) is 66.3 Å². The molecule has 1 fully saturated rings. The first-order valence-electron chi connectivity index (χ1n) is 6.58. The summed E-state index contributed by atoms with van der Waals surface area (Å²) < 4.78 is 0. The predicted molar refractivity (Wildman–Crippen MR) is 67.7 cm³/mol. The zero-order valence-corrected chi connectivity index (χ0v) is 11.2. The molecule has 1 rings (SSSR count). The van der Waals surface area contributed by atoms with Crippen molar-refractivity contribution >= 4 is 0 Å². The summed E-state index contributed by atoms with van der Waals surface area (Å²) in [5.74, 6) is 2.57. The van der Waals surface area contributed by atoms with E-state index in [9.17, 15) is 0 Å². The fourth-order valence-corrected chi connectivity index (χ4v) is 2.88. The third kappa shape index (κ3) is 3.48. The first-order valence-corrected chi connectivity index (χ1v) is 6.58. The van der Waals surface area contributed by atoms with Gasteiger partial charge in [-0.25, -0.2) is 0 Å². The summed E-state index contributed by atoms with van der Waals surface area (Å²) in [7, 11) is 0. The Morgan fingerprint density at radius 3 is 1.67 bits per heavy atom. The van der Waals surface area contributed by atoms with Crippen LogP contribution in [0.5, 0.6) is 0 Å². The van der Waals surface area contributed by atoms with Crippen molar-refractivity contribution in [3.63, 3.8) is 0 Å². The van der Waals surface area contributed by atoms with Gasteiger partial charge in [0.1, 0.15) is 0 Å². The van der Waals surface area contributed by atoms with Crippen LogP contribution in [-0.2, 0) is 0 Å². The Bertz CT molecular complexity index is 182. The van der Waals surface area contributed by atoms with Gasteiger partial charge in [0.2, 0.25) is 0 Å². The Hall–Kier alpha value is -0.0400. The summed E-state index contributed by atoms with van der Waals surface area (Å²) in [4.78, 5) is 0. The lowest BCUT2D eigenvalue weighted by atomic mass is 9.69. The highest BCUT2D eigenvalue weighted by Gasteiger charge is 2.32. The standard InChI is InChI=1S/C14H29N/c1-10(2)11-6-8-12(9-7-11)13(15)14(3,4)5/h10-13H,6-9,15H2,1-5H3. The van der Waals surface area contributed by atoms with Gasteiger partial charge in [0.15, 0.2) is 0 Å². The van der Waals surface area contributed by atoms with Crippen LogP contribution in [0.3, 0.4) is 0 Å². The zero-order chi connectivity index (χ0) is 11.6. The molecule has 0 heterocycles. The minimum Gasteiger partial charge on any atom is -0.327 e. The van der Waals surface area contributed by atoms with E-state index in [-0.39, 0.29) is 5.41 Å². The average molecular weight is 211 g/mol. The van der Waals surface area contributed by atoms with Crippen LogP contribution >= 0.6 is 0 Å². The van der Waals surface area contributed by atoms with Crippen LogP contribution in [0.25, 0.3) is 0 Å². The molecule has 1 aliphatic carbocycles. The minimum absolute atomic E-state index is 0.273. The number of rotatable bonds is 2. The predicted octanol–water partition coefficient (Wildman–Crippen LogP) is 3.82. The van der Waals surface area contributed by atoms with E-state index in [4.69, 9.17) is 5.73 Å². The summed E-state index contributed by atoms with van der Waals surface area (Å²) in [6.07, 6.45) is 5.49. The first-order chi connectivity index (χ1) is 6.82. The van der Waals surface area contributed by atoms with Gasteiger partial charge in [-0.05, 0) is 48.9 Å². The summed E-state index contributed by atoms with van der Waals surface area (Å²) in [6.45, 7) is 11.5. The number of hydrogen-bond acceptors (Lipinski definition) is 1. The molecule has 0 aliphatic heterocycles. The SMILES string of the molecule is CC(C)C1CCC(C(N)C(C)(C)C)CC1. The van der Waals surface area contributed by atoms with Gasteiger partial charge in [-0.1, -0.05) is 34.6 Å². The van der Waals surface area contributed by atoms with Gasteiger partial charge < -0.3 is 5.73 Å². The molecule has 1 aliphatic rings. The normalized spacial score (nSPS) is 30.6. The third-order valence-corrected chi connectivity index (χ3v) is 4.27. The van der Waals surface area contributed by atoms with E-state index >= 15 is 0 Å². The summed E-state index contributed by atoms with van der Waals surface area (Å²) in [6, 6.07) is 0.380. The Balaban J connectivity index is 2.44. The lowest BCUT2D eigenvalue weighted by molar-refractivity contribution is 0.150. The van der Waals surface area contributed by atoms with E-state index in [0.29, 0.717) is 6.04 Å². The molecule has 1 heteroatoms. The summed E-state index contributed by atoms with van der Waals surface area (Å²) in [5.41, 5.74) is 6.62. The molecule has 15 heavy (non-hydrogen) atoms. The van der Waals surface area contributed by atoms with Gasteiger partial charge in [0.05, 0.1) is 0 Å². The van der Waals surface area contributed by atoms with Crippen LogP contribution in [0.15, 0.2) is 0 Å². The highest BCUT2D eigenvalue weighted by atomic mass is 14.7. The molecule has 1 unspecified atom stereocenters. The van der Waals surface area contributed by atoms with Gasteiger partial charge in [-0.15, -0.1) is 0 Å². The largest absolute Gasteiger partial charge is 0.327 e. The monoisotopic (exact) mass is 211 g/mol. The second-order valence-corrected chi connectivity index (χ2v) is 6.81. The van der Waals surface area contributed by atoms with Crippen LogP contribution in [0.1, 0.15) is 60.3 Å². The van der Waals surface area contributed by atoms with E-state index in [1.54, 1.807) is 0 Å². The molecular weight excluding hydrogens is 182 g/mol. The van der Waals surface area contributed by atoms with Crippen LogP contribution in [0.2, 0.25) is 0 Å². The maximum absolute atomic E-state index is 6.35. The molecule has 0 spiro atoms. The van der Waals surface area contributed by atoms with E-state index in [0.717, 1.165) is 17.8 Å². The van der Waals surface area contributed by atoms with E-state index in [1.165, 1.54) is 25.7 Å². The maximum Gasteiger partial charge on any atom is 0.0116 e. The Labute approximate surface area is 95.8 Å². The molecule has 0 bridgehead atoms. The lowest BCUT2D eigenvalue weighted by Gasteiger charge is -2.39. The molecule has 0 aromatic heterocycles. The number of nitrogens with two attached hydrogens (primary N) is 1. The lowest BCUT2D eigenvalue weighted by Crippen LogP contribution is -2.43. The van der Waals surface area contributed by atoms with Crippen LogP contribution in [0, 0.1) is 23.2 Å². The van der Waals surface area contributed by atoms with Crippen molar-refractivity contribution in [2.24, 2.45) is 28.9 Å². The van der Waals surface area contributed by atoms with Crippen LogP contribution < -0.4 is 5.73 Å². The fraction of sp³-hybridized carbons (Fsp3) is 1.00. The molecule has 1 nitrogen and oxygen atoms in total. The molecule has 1 atom stereocenters. The van der Waals surface area contributed by atoms with Crippen LogP contribution in [-0.4, -0.2) is 6.04 Å². The van der Waals surface area contributed by atoms with Gasteiger partial charge in [0, 0.05) is 6.04 Å². The van der Waals surface area contributed by atoms with Gasteiger partial charge in [-0.2, -0.15) is 0 Å². The maximum atomic E-state index is 6.35. The van der Waals surface area contributed by atoms with Crippen molar-refractivity contribution in [3.05, 3.63) is 0 Å². The average Bonchev–Trinajstić information content (AvgIpc) is 2.15. The molecule has 0 amide bonds.